The summed E-state index contributed by atoms with van der Waals surface area (Å²) in [5, 5.41) is 6.46. The van der Waals surface area contributed by atoms with Crippen LogP contribution in [0.5, 0.6) is 0 Å². The largest absolute Gasteiger partial charge is 0.368 e. The van der Waals surface area contributed by atoms with Crippen molar-refractivity contribution in [1.82, 2.24) is 9.80 Å². The normalized spacial score (nSPS) is 22.9. The van der Waals surface area contributed by atoms with E-state index in [4.69, 9.17) is 4.74 Å². The van der Waals surface area contributed by atoms with Crippen molar-refractivity contribution in [3.8, 4) is 0 Å². The number of hydrazone groups is 1. The van der Waals surface area contributed by atoms with Crippen LogP contribution >= 0.6 is 0 Å². The van der Waals surface area contributed by atoms with Crippen LogP contribution < -0.4 is 5.01 Å². The maximum absolute atomic E-state index is 12.8. The van der Waals surface area contributed by atoms with Crippen molar-refractivity contribution in [3.63, 3.8) is 0 Å². The molecule has 3 aliphatic rings. The highest BCUT2D eigenvalue weighted by Crippen LogP contribution is 2.21. The van der Waals surface area contributed by atoms with Gasteiger partial charge in [-0.25, -0.2) is 0 Å². The Morgan fingerprint density at radius 1 is 1.04 bits per heavy atom. The lowest BCUT2D eigenvalue weighted by atomic mass is 10.1. The minimum Gasteiger partial charge on any atom is -0.368 e. The summed E-state index contributed by atoms with van der Waals surface area (Å²) in [7, 11) is 0. The summed E-state index contributed by atoms with van der Waals surface area (Å²) < 4.78 is 5.49. The minimum atomic E-state index is -0.281. The lowest BCUT2D eigenvalue weighted by molar-refractivity contribution is -0.142. The van der Waals surface area contributed by atoms with Crippen LogP contribution in [0.4, 0.5) is 5.69 Å². The molecule has 1 aromatic carbocycles. The fourth-order valence-corrected chi connectivity index (χ4v) is 3.83. The van der Waals surface area contributed by atoms with Gasteiger partial charge >= 0.3 is 0 Å². The third-order valence-corrected chi connectivity index (χ3v) is 5.47. The monoisotopic (exact) mass is 370 g/mol. The minimum absolute atomic E-state index is 0.0202. The first-order valence-electron chi connectivity index (χ1n) is 9.73. The van der Waals surface area contributed by atoms with Gasteiger partial charge in [-0.15, -0.1) is 0 Å². The molecule has 1 aromatic rings. The maximum Gasteiger partial charge on any atom is 0.253 e. The average molecular weight is 370 g/mol. The molecule has 0 aromatic heterocycles. The lowest BCUT2D eigenvalue weighted by Crippen LogP contribution is -2.52. The molecule has 1 unspecified atom stereocenters. The highest BCUT2D eigenvalue weighted by atomic mass is 16.5. The Balaban J connectivity index is 1.33. The molecule has 3 aliphatic heterocycles. The molecule has 3 heterocycles. The number of piperazine rings is 1. The summed E-state index contributed by atoms with van der Waals surface area (Å²) in [5.74, 6) is 0.0947. The summed E-state index contributed by atoms with van der Waals surface area (Å²) in [6.45, 7) is 5.87. The van der Waals surface area contributed by atoms with E-state index in [0.29, 0.717) is 38.3 Å². The molecule has 0 N–H and O–H groups in total. The van der Waals surface area contributed by atoms with Gasteiger partial charge < -0.3 is 14.5 Å². The number of rotatable bonds is 3. The maximum atomic E-state index is 12.8. The van der Waals surface area contributed by atoms with Crippen molar-refractivity contribution < 1.29 is 14.3 Å². The molecule has 4 rings (SSSR count). The molecule has 1 atom stereocenters. The third kappa shape index (κ3) is 3.83. The molecule has 2 fully saturated rings. The molecule has 2 saturated heterocycles. The van der Waals surface area contributed by atoms with Crippen molar-refractivity contribution in [2.45, 2.75) is 32.3 Å². The van der Waals surface area contributed by atoms with Gasteiger partial charge in [0.1, 0.15) is 6.10 Å². The summed E-state index contributed by atoms with van der Waals surface area (Å²) in [6.07, 6.45) is 2.46. The van der Waals surface area contributed by atoms with Gasteiger partial charge in [0.05, 0.1) is 5.69 Å². The molecule has 0 spiro atoms. The molecule has 144 valence electrons. The van der Waals surface area contributed by atoms with E-state index >= 15 is 0 Å². The van der Waals surface area contributed by atoms with E-state index < -0.39 is 0 Å². The van der Waals surface area contributed by atoms with Gasteiger partial charge in [0.25, 0.3) is 11.8 Å². The summed E-state index contributed by atoms with van der Waals surface area (Å²) >= 11 is 0. The van der Waals surface area contributed by atoms with E-state index in [9.17, 15) is 9.59 Å². The van der Waals surface area contributed by atoms with Gasteiger partial charge in [-0.05, 0) is 44.0 Å². The van der Waals surface area contributed by atoms with Crippen LogP contribution in [0.3, 0.4) is 0 Å². The second kappa shape index (κ2) is 7.68. The lowest BCUT2D eigenvalue weighted by Gasteiger charge is -2.35. The molecule has 0 saturated carbocycles. The first-order chi connectivity index (χ1) is 13.1. The molecule has 0 bridgehead atoms. The molecule has 0 aliphatic carbocycles. The van der Waals surface area contributed by atoms with Gasteiger partial charge in [-0.1, -0.05) is 0 Å². The second-order valence-electron chi connectivity index (χ2n) is 7.37. The van der Waals surface area contributed by atoms with E-state index in [2.05, 4.69) is 5.10 Å². The molecule has 7 heteroatoms. The first-order valence-corrected chi connectivity index (χ1v) is 9.73. The van der Waals surface area contributed by atoms with Crippen LogP contribution in [-0.4, -0.2) is 72.8 Å². The Morgan fingerprint density at radius 3 is 2.33 bits per heavy atom. The smallest absolute Gasteiger partial charge is 0.253 e. The molecular formula is C20H26N4O3. The van der Waals surface area contributed by atoms with Crippen molar-refractivity contribution in [3.05, 3.63) is 29.8 Å². The highest BCUT2D eigenvalue weighted by Gasteiger charge is 2.31. The topological polar surface area (TPSA) is 65.5 Å². The number of carbonyl (C=O) groups excluding carboxylic acids is 2. The van der Waals surface area contributed by atoms with Gasteiger partial charge in [0, 0.05) is 57.0 Å². The van der Waals surface area contributed by atoms with Crippen molar-refractivity contribution in [2.24, 2.45) is 5.10 Å². The van der Waals surface area contributed by atoms with Gasteiger partial charge in [0.15, 0.2) is 0 Å². The predicted molar refractivity (Wildman–Crippen MR) is 103 cm³/mol. The van der Waals surface area contributed by atoms with E-state index in [1.807, 2.05) is 46.0 Å². The SMILES string of the molecule is CC1=NN(c2ccc(C(=O)N3CCN(C(=O)C4CCCO4)CC3)cc2)CC1. The number of carbonyl (C=O) groups is 2. The van der Waals surface area contributed by atoms with Crippen LogP contribution in [0.25, 0.3) is 0 Å². The standard InChI is InChI=1S/C20H26N4O3/c1-15-8-9-24(21-15)17-6-4-16(5-7-17)19(25)22-10-12-23(13-11-22)20(26)18-3-2-14-27-18/h4-7,18H,2-3,8-14H2,1H3. The van der Waals surface area contributed by atoms with E-state index in [0.717, 1.165) is 37.2 Å². The summed E-state index contributed by atoms with van der Waals surface area (Å²) in [5.41, 5.74) is 2.82. The number of anilines is 1. The number of benzene rings is 1. The number of hydrogen-bond acceptors (Lipinski definition) is 5. The summed E-state index contributed by atoms with van der Waals surface area (Å²) in [4.78, 5) is 28.8. The van der Waals surface area contributed by atoms with Crippen LogP contribution in [-0.2, 0) is 9.53 Å². The van der Waals surface area contributed by atoms with Crippen molar-refractivity contribution >= 4 is 23.2 Å². The Hall–Kier alpha value is -2.41. The molecule has 7 nitrogen and oxygen atoms in total. The van der Waals surface area contributed by atoms with Crippen LogP contribution in [0, 0.1) is 0 Å². The van der Waals surface area contributed by atoms with Gasteiger partial charge in [-0.3, -0.25) is 14.6 Å². The summed E-state index contributed by atoms with van der Waals surface area (Å²) in [6, 6.07) is 7.63. The average Bonchev–Trinajstić information content (AvgIpc) is 3.39. The zero-order valence-corrected chi connectivity index (χ0v) is 15.8. The van der Waals surface area contributed by atoms with Crippen molar-refractivity contribution in [1.29, 1.82) is 0 Å². The number of nitrogens with zero attached hydrogens (tertiary/aromatic N) is 4. The molecule has 0 radical (unpaired) electrons. The Kier molecular flexibility index (Phi) is 5.11. The van der Waals surface area contributed by atoms with Gasteiger partial charge in [-0.2, -0.15) is 5.10 Å². The third-order valence-electron chi connectivity index (χ3n) is 5.47. The first kappa shape index (κ1) is 18.0. The number of ether oxygens (including phenoxy) is 1. The van der Waals surface area contributed by atoms with Crippen LogP contribution in [0.2, 0.25) is 0 Å². The predicted octanol–water partition coefficient (Wildman–Crippen LogP) is 1.74. The fraction of sp³-hybridized carbons (Fsp3) is 0.550. The Morgan fingerprint density at radius 2 is 1.74 bits per heavy atom. The zero-order chi connectivity index (χ0) is 18.8. The zero-order valence-electron chi connectivity index (χ0n) is 15.8. The quantitative estimate of drug-likeness (QED) is 0.813. The van der Waals surface area contributed by atoms with E-state index in [1.165, 1.54) is 0 Å². The Labute approximate surface area is 159 Å². The fourth-order valence-electron chi connectivity index (χ4n) is 3.83. The van der Waals surface area contributed by atoms with Crippen LogP contribution in [0.15, 0.2) is 29.4 Å². The highest BCUT2D eigenvalue weighted by molar-refractivity contribution is 5.95. The van der Waals surface area contributed by atoms with E-state index in [1.54, 1.807) is 0 Å². The van der Waals surface area contributed by atoms with Crippen LogP contribution in [0.1, 0.15) is 36.5 Å². The second-order valence-corrected chi connectivity index (χ2v) is 7.37. The molecule has 27 heavy (non-hydrogen) atoms. The number of hydrogen-bond donors (Lipinski definition) is 0. The number of amides is 2. The van der Waals surface area contributed by atoms with E-state index in [-0.39, 0.29) is 17.9 Å². The molecule has 2 amide bonds. The molecular weight excluding hydrogens is 344 g/mol. The van der Waals surface area contributed by atoms with Gasteiger partial charge in [0.2, 0.25) is 0 Å². The van der Waals surface area contributed by atoms with Crippen molar-refractivity contribution in [2.75, 3.05) is 44.3 Å². The Bertz CT molecular complexity index is 732.